The van der Waals surface area contributed by atoms with Gasteiger partial charge in [-0.05, 0) is 48.1 Å². The number of Topliss-reactive ketones (excluding diaryl/α,β-unsaturated/α-hetero) is 1. The molecule has 0 aliphatic carbocycles. The lowest BCUT2D eigenvalue weighted by molar-refractivity contribution is -0.140. The summed E-state index contributed by atoms with van der Waals surface area (Å²) in [5.41, 5.74) is 2.54. The second-order valence-electron chi connectivity index (χ2n) is 6.78. The van der Waals surface area contributed by atoms with Crippen molar-refractivity contribution in [1.29, 1.82) is 0 Å². The number of benzene rings is 2. The number of esters is 1. The van der Waals surface area contributed by atoms with Gasteiger partial charge in [0.15, 0.2) is 5.78 Å². The number of ketones is 1. The summed E-state index contributed by atoms with van der Waals surface area (Å²) in [7, 11) is 1.36. The first-order valence-corrected chi connectivity index (χ1v) is 10.4. The maximum absolute atomic E-state index is 13.4. The Kier molecular flexibility index (Phi) is 7.19. The van der Waals surface area contributed by atoms with Gasteiger partial charge in [0, 0.05) is 22.8 Å². The molecule has 0 fully saturated rings. The van der Waals surface area contributed by atoms with Gasteiger partial charge in [-0.1, -0.05) is 42.5 Å². The van der Waals surface area contributed by atoms with Crippen LogP contribution in [0.15, 0.2) is 66.0 Å². The smallest absolute Gasteiger partial charge is 0.305 e. The van der Waals surface area contributed by atoms with Crippen molar-refractivity contribution in [1.82, 2.24) is 0 Å². The average Bonchev–Trinajstić information content (AvgIpc) is 3.27. The predicted octanol–water partition coefficient (Wildman–Crippen LogP) is 5.56. The molecule has 0 aliphatic heterocycles. The molecule has 0 bridgehead atoms. The first-order chi connectivity index (χ1) is 14.1. The van der Waals surface area contributed by atoms with Crippen LogP contribution >= 0.6 is 11.3 Å². The lowest BCUT2D eigenvalue weighted by Crippen LogP contribution is -2.16. The van der Waals surface area contributed by atoms with Crippen molar-refractivity contribution < 1.29 is 19.1 Å². The van der Waals surface area contributed by atoms with Gasteiger partial charge in [-0.25, -0.2) is 0 Å². The number of aryl methyl sites for hydroxylation is 1. The molecule has 29 heavy (non-hydrogen) atoms. The molecule has 0 aliphatic rings. The molecule has 0 saturated carbocycles. The van der Waals surface area contributed by atoms with E-state index in [2.05, 4.69) is 0 Å². The molecular weight excluding hydrogens is 384 g/mol. The van der Waals surface area contributed by atoms with Gasteiger partial charge in [-0.15, -0.1) is 11.3 Å². The van der Waals surface area contributed by atoms with E-state index >= 15 is 0 Å². The molecule has 0 amide bonds. The summed E-state index contributed by atoms with van der Waals surface area (Å²) < 4.78 is 10.6. The van der Waals surface area contributed by atoms with Crippen LogP contribution in [0.4, 0.5) is 0 Å². The normalized spacial score (nSPS) is 11.7. The summed E-state index contributed by atoms with van der Waals surface area (Å²) in [4.78, 5) is 26.2. The zero-order valence-corrected chi connectivity index (χ0v) is 17.4. The molecule has 0 spiro atoms. The molecule has 1 unspecified atom stereocenters. The number of ether oxygens (including phenoxy) is 2. The van der Waals surface area contributed by atoms with Crippen LogP contribution in [-0.4, -0.2) is 18.9 Å². The van der Waals surface area contributed by atoms with E-state index in [1.54, 1.807) is 23.5 Å². The van der Waals surface area contributed by atoms with Gasteiger partial charge >= 0.3 is 5.97 Å². The fourth-order valence-corrected chi connectivity index (χ4v) is 3.88. The molecule has 1 aromatic heterocycles. The van der Waals surface area contributed by atoms with Gasteiger partial charge in [-0.3, -0.25) is 9.59 Å². The molecule has 5 heteroatoms. The third-order valence-electron chi connectivity index (χ3n) is 4.82. The quantitative estimate of drug-likeness (QED) is 0.344. The molecule has 3 aromatic rings. The largest absolute Gasteiger partial charge is 0.488 e. The number of thiophene rings is 1. The third-order valence-corrected chi connectivity index (χ3v) is 5.67. The highest BCUT2D eigenvalue weighted by molar-refractivity contribution is 7.09. The number of carbonyl (C=O) groups is 2. The van der Waals surface area contributed by atoms with E-state index in [1.165, 1.54) is 7.11 Å². The highest BCUT2D eigenvalue weighted by Gasteiger charge is 2.24. The molecule has 0 saturated heterocycles. The first-order valence-electron chi connectivity index (χ1n) is 9.50. The maximum Gasteiger partial charge on any atom is 0.305 e. The Bertz CT molecular complexity index is 963. The Balaban J connectivity index is 1.82. The van der Waals surface area contributed by atoms with Crippen LogP contribution in [0, 0.1) is 6.92 Å². The zero-order chi connectivity index (χ0) is 20.6. The molecule has 4 nitrogen and oxygen atoms in total. The van der Waals surface area contributed by atoms with E-state index in [-0.39, 0.29) is 18.2 Å². The standard InChI is InChI=1S/C24H24O4S/c1-17-7-3-4-11-21(17)22(12-13-23(25)27-2)24(26)18-8-5-9-19(15-18)28-16-20-10-6-14-29-20/h3-11,14-15,22H,12-13,16H2,1-2H3. The highest BCUT2D eigenvalue weighted by atomic mass is 32.1. The first kappa shape index (κ1) is 20.8. The van der Waals surface area contributed by atoms with Crippen molar-refractivity contribution in [2.45, 2.75) is 32.3 Å². The van der Waals surface area contributed by atoms with Gasteiger partial charge in [0.25, 0.3) is 0 Å². The van der Waals surface area contributed by atoms with Crippen molar-refractivity contribution in [2.75, 3.05) is 7.11 Å². The van der Waals surface area contributed by atoms with Crippen LogP contribution in [0.2, 0.25) is 0 Å². The van der Waals surface area contributed by atoms with Gasteiger partial charge in [0.05, 0.1) is 7.11 Å². The van der Waals surface area contributed by atoms with Crippen LogP contribution in [-0.2, 0) is 16.1 Å². The summed E-state index contributed by atoms with van der Waals surface area (Å²) in [5, 5.41) is 2.01. The Hall–Kier alpha value is -2.92. The van der Waals surface area contributed by atoms with Gasteiger partial charge in [0.1, 0.15) is 12.4 Å². The molecule has 150 valence electrons. The lowest BCUT2D eigenvalue weighted by Gasteiger charge is -2.18. The van der Waals surface area contributed by atoms with Crippen LogP contribution in [0.25, 0.3) is 0 Å². The molecular formula is C24H24O4S. The zero-order valence-electron chi connectivity index (χ0n) is 16.6. The van der Waals surface area contributed by atoms with Gasteiger partial charge < -0.3 is 9.47 Å². The summed E-state index contributed by atoms with van der Waals surface area (Å²) in [6.45, 7) is 2.45. The number of methoxy groups -OCH3 is 1. The van der Waals surface area contributed by atoms with E-state index in [9.17, 15) is 9.59 Å². The molecule has 1 atom stereocenters. The van der Waals surface area contributed by atoms with Crippen molar-refractivity contribution in [2.24, 2.45) is 0 Å². The van der Waals surface area contributed by atoms with Crippen molar-refractivity contribution in [3.63, 3.8) is 0 Å². The summed E-state index contributed by atoms with van der Waals surface area (Å²) in [6.07, 6.45) is 0.590. The highest BCUT2D eigenvalue weighted by Crippen LogP contribution is 2.30. The van der Waals surface area contributed by atoms with Crippen molar-refractivity contribution in [3.8, 4) is 5.75 Å². The fraction of sp³-hybridized carbons (Fsp3) is 0.250. The molecule has 1 heterocycles. The van der Waals surface area contributed by atoms with Crippen molar-refractivity contribution >= 4 is 23.1 Å². The summed E-state index contributed by atoms with van der Waals surface area (Å²) in [5.74, 6) is -0.0993. The topological polar surface area (TPSA) is 52.6 Å². The fourth-order valence-electron chi connectivity index (χ4n) is 3.26. The van der Waals surface area contributed by atoms with Crippen LogP contribution < -0.4 is 4.74 Å². The molecule has 0 radical (unpaired) electrons. The number of hydrogen-bond donors (Lipinski definition) is 0. The SMILES string of the molecule is COC(=O)CCC(C(=O)c1cccc(OCc2cccs2)c1)c1ccccc1C. The van der Waals surface area contributed by atoms with Gasteiger partial charge in [-0.2, -0.15) is 0 Å². The monoisotopic (exact) mass is 408 g/mol. The Labute approximate surface area is 175 Å². The average molecular weight is 409 g/mol. The molecule has 2 aromatic carbocycles. The van der Waals surface area contributed by atoms with Crippen molar-refractivity contribution in [3.05, 3.63) is 87.6 Å². The minimum absolute atomic E-state index is 0.0234. The van der Waals surface area contributed by atoms with Gasteiger partial charge in [0.2, 0.25) is 0 Å². The predicted molar refractivity (Wildman–Crippen MR) is 115 cm³/mol. The lowest BCUT2D eigenvalue weighted by atomic mass is 9.85. The number of carbonyl (C=O) groups excluding carboxylic acids is 2. The minimum atomic E-state index is -0.414. The second-order valence-corrected chi connectivity index (χ2v) is 7.82. The maximum atomic E-state index is 13.4. The van der Waals surface area contributed by atoms with E-state index in [4.69, 9.17) is 9.47 Å². The van der Waals surface area contributed by atoms with E-state index in [0.29, 0.717) is 24.3 Å². The summed E-state index contributed by atoms with van der Waals surface area (Å²) >= 11 is 1.63. The summed E-state index contributed by atoms with van der Waals surface area (Å²) in [6, 6.07) is 19.0. The Morgan fingerprint density at radius 2 is 1.86 bits per heavy atom. The number of rotatable bonds is 9. The van der Waals surface area contributed by atoms with E-state index in [0.717, 1.165) is 16.0 Å². The van der Waals surface area contributed by atoms with Crippen LogP contribution in [0.1, 0.15) is 45.1 Å². The number of hydrogen-bond acceptors (Lipinski definition) is 5. The third kappa shape index (κ3) is 5.55. The Morgan fingerprint density at radius 1 is 1.03 bits per heavy atom. The van der Waals surface area contributed by atoms with Crippen LogP contribution in [0.5, 0.6) is 5.75 Å². The second kappa shape index (κ2) is 10.0. The Morgan fingerprint density at radius 3 is 2.59 bits per heavy atom. The van der Waals surface area contributed by atoms with Crippen LogP contribution in [0.3, 0.4) is 0 Å². The molecule has 0 N–H and O–H groups in total. The molecule has 3 rings (SSSR count). The minimum Gasteiger partial charge on any atom is -0.488 e. The van der Waals surface area contributed by atoms with E-state index in [1.807, 2.05) is 60.8 Å². The van der Waals surface area contributed by atoms with E-state index < -0.39 is 5.92 Å².